The Morgan fingerprint density at radius 2 is 1.64 bits per heavy atom. The van der Waals surface area contributed by atoms with Gasteiger partial charge in [0.25, 0.3) is 0 Å². The summed E-state index contributed by atoms with van der Waals surface area (Å²) in [6.45, 7) is 6.63. The maximum absolute atomic E-state index is 13.4. The molecule has 0 bridgehead atoms. The Balaban J connectivity index is 1.26. The van der Waals surface area contributed by atoms with Gasteiger partial charge < -0.3 is 10.1 Å². The fourth-order valence-electron chi connectivity index (χ4n) is 6.04. The predicted molar refractivity (Wildman–Crippen MR) is 169 cm³/mol. The summed E-state index contributed by atoms with van der Waals surface area (Å²) in [5.74, 6) is 0.636. The highest BCUT2D eigenvalue weighted by atomic mass is 16.5. The molecule has 0 saturated carbocycles. The molecule has 0 radical (unpaired) electrons. The number of nitrogens with zero attached hydrogens (tertiary/aromatic N) is 4. The Morgan fingerprint density at radius 3 is 2.33 bits per heavy atom. The number of amides is 1. The average molecular weight is 566 g/mol. The average Bonchev–Trinajstić information content (AvgIpc) is 3.50. The van der Waals surface area contributed by atoms with Crippen molar-refractivity contribution in [2.75, 3.05) is 38.2 Å². The highest BCUT2D eigenvalue weighted by Gasteiger charge is 2.23. The number of morpholine rings is 1. The van der Waals surface area contributed by atoms with Crippen LogP contribution >= 0.6 is 0 Å². The van der Waals surface area contributed by atoms with E-state index in [1.165, 1.54) is 11.1 Å². The summed E-state index contributed by atoms with van der Waals surface area (Å²) in [6.07, 6.45) is 5.38. The molecule has 2 aliphatic rings. The van der Waals surface area contributed by atoms with E-state index in [0.717, 1.165) is 81.9 Å². The normalized spacial score (nSPS) is 17.8. The van der Waals surface area contributed by atoms with Gasteiger partial charge in [-0.3, -0.25) is 9.69 Å². The van der Waals surface area contributed by atoms with Crippen LogP contribution in [0, 0.1) is 5.92 Å². The summed E-state index contributed by atoms with van der Waals surface area (Å²) in [6, 6.07) is 29.4. The molecule has 3 aromatic rings. The lowest BCUT2D eigenvalue weighted by Crippen LogP contribution is -2.37. The number of hydrogen-bond acceptors (Lipinski definition) is 6. The molecule has 220 valence electrons. The van der Waals surface area contributed by atoms with E-state index >= 15 is 0 Å². The minimum atomic E-state index is -0.00676. The molecule has 2 atom stereocenters. The highest BCUT2D eigenvalue weighted by Crippen LogP contribution is 2.32. The summed E-state index contributed by atoms with van der Waals surface area (Å²) in [7, 11) is 0. The summed E-state index contributed by atoms with van der Waals surface area (Å²) in [5.41, 5.74) is 5.29. The molecule has 1 N–H and O–H groups in total. The second kappa shape index (κ2) is 15.5. The predicted octanol–water partition coefficient (Wildman–Crippen LogP) is 7.30. The van der Waals surface area contributed by atoms with Crippen molar-refractivity contribution in [3.05, 3.63) is 102 Å². The smallest absolute Gasteiger partial charge is 0.224 e. The molecular formula is C35H43N5O2. The van der Waals surface area contributed by atoms with Crippen LogP contribution in [0.4, 0.5) is 5.69 Å². The minimum Gasteiger partial charge on any atom is -0.379 e. The first kappa shape index (κ1) is 29.8. The molecule has 42 heavy (non-hydrogen) atoms. The number of anilines is 1. The van der Waals surface area contributed by atoms with Crippen molar-refractivity contribution >= 4 is 17.3 Å². The monoisotopic (exact) mass is 565 g/mol. The molecule has 2 aliphatic heterocycles. The zero-order valence-electron chi connectivity index (χ0n) is 24.7. The molecule has 5 rings (SSSR count). The van der Waals surface area contributed by atoms with Gasteiger partial charge in [-0.05, 0) is 66.6 Å². The van der Waals surface area contributed by atoms with Gasteiger partial charge in [0.15, 0.2) is 0 Å². The first-order chi connectivity index (χ1) is 20.7. The van der Waals surface area contributed by atoms with E-state index < -0.39 is 0 Å². The quantitative estimate of drug-likeness (QED) is 0.223. The van der Waals surface area contributed by atoms with Crippen molar-refractivity contribution < 1.29 is 9.53 Å². The van der Waals surface area contributed by atoms with E-state index in [9.17, 15) is 4.79 Å². The summed E-state index contributed by atoms with van der Waals surface area (Å²) in [4.78, 5) is 15.9. The van der Waals surface area contributed by atoms with Crippen molar-refractivity contribution in [3.8, 4) is 0 Å². The van der Waals surface area contributed by atoms with Gasteiger partial charge in [0.1, 0.15) is 6.04 Å². The summed E-state index contributed by atoms with van der Waals surface area (Å²) < 4.78 is 5.56. The SMILES string of the molecule is CCCC1N=NN=C1c1cccc(NC(=O)CC(CCC(c2ccccc2)c2ccccc2)CCN2CCOCC2)c1. The van der Waals surface area contributed by atoms with Crippen LogP contribution in [0.2, 0.25) is 0 Å². The fourth-order valence-corrected chi connectivity index (χ4v) is 6.04. The molecule has 3 aromatic carbocycles. The third-order valence-corrected chi connectivity index (χ3v) is 8.36. The lowest BCUT2D eigenvalue weighted by molar-refractivity contribution is -0.117. The van der Waals surface area contributed by atoms with Crippen molar-refractivity contribution in [2.45, 2.75) is 57.4 Å². The maximum atomic E-state index is 13.4. The van der Waals surface area contributed by atoms with Crippen molar-refractivity contribution in [1.29, 1.82) is 0 Å². The molecule has 0 aromatic heterocycles. The van der Waals surface area contributed by atoms with Crippen LogP contribution in [-0.2, 0) is 9.53 Å². The second-order valence-electron chi connectivity index (χ2n) is 11.4. The number of carbonyl (C=O) groups excluding carboxylic acids is 1. The Hall–Kier alpha value is -3.68. The van der Waals surface area contributed by atoms with Crippen LogP contribution in [-0.4, -0.2) is 55.4 Å². The van der Waals surface area contributed by atoms with Gasteiger partial charge in [0.05, 0.1) is 18.9 Å². The number of rotatable bonds is 14. The molecule has 7 heteroatoms. The molecule has 1 fully saturated rings. The van der Waals surface area contributed by atoms with Gasteiger partial charge in [0.2, 0.25) is 5.91 Å². The third kappa shape index (κ3) is 8.43. The van der Waals surface area contributed by atoms with E-state index in [2.05, 4.69) is 93.2 Å². The number of carbonyl (C=O) groups is 1. The molecular weight excluding hydrogens is 522 g/mol. The number of nitrogens with one attached hydrogen (secondary N) is 1. The van der Waals surface area contributed by atoms with Crippen LogP contribution in [0.5, 0.6) is 0 Å². The molecule has 0 spiro atoms. The maximum Gasteiger partial charge on any atom is 0.224 e. The number of benzene rings is 3. The van der Waals surface area contributed by atoms with Gasteiger partial charge in [0, 0.05) is 36.7 Å². The van der Waals surface area contributed by atoms with Crippen LogP contribution in [0.15, 0.2) is 100 Å². The van der Waals surface area contributed by atoms with Crippen molar-refractivity contribution in [2.24, 2.45) is 21.4 Å². The minimum absolute atomic E-state index is 0.00676. The Morgan fingerprint density at radius 1 is 0.929 bits per heavy atom. The molecule has 0 aliphatic carbocycles. The molecule has 2 unspecified atom stereocenters. The molecule has 1 saturated heterocycles. The van der Waals surface area contributed by atoms with Crippen LogP contribution in [0.25, 0.3) is 0 Å². The Bertz CT molecular complexity index is 1280. The summed E-state index contributed by atoms with van der Waals surface area (Å²) in [5, 5.41) is 15.7. The zero-order chi connectivity index (χ0) is 29.0. The lowest BCUT2D eigenvalue weighted by Gasteiger charge is -2.29. The fraction of sp³-hybridized carbons (Fsp3) is 0.429. The zero-order valence-corrected chi connectivity index (χ0v) is 24.7. The first-order valence-electron chi connectivity index (χ1n) is 15.5. The van der Waals surface area contributed by atoms with Gasteiger partial charge >= 0.3 is 0 Å². The van der Waals surface area contributed by atoms with E-state index in [1.54, 1.807) is 0 Å². The second-order valence-corrected chi connectivity index (χ2v) is 11.4. The van der Waals surface area contributed by atoms with Gasteiger partial charge in [-0.1, -0.05) is 86.1 Å². The van der Waals surface area contributed by atoms with E-state index in [-0.39, 0.29) is 17.9 Å². The summed E-state index contributed by atoms with van der Waals surface area (Å²) >= 11 is 0. The van der Waals surface area contributed by atoms with Crippen LogP contribution in [0.1, 0.15) is 68.1 Å². The Labute approximate surface area is 250 Å². The number of hydrogen-bond donors (Lipinski definition) is 1. The van der Waals surface area contributed by atoms with Crippen LogP contribution in [0.3, 0.4) is 0 Å². The Kier molecular flexibility index (Phi) is 11.0. The van der Waals surface area contributed by atoms with Gasteiger partial charge in [-0.2, -0.15) is 5.11 Å². The van der Waals surface area contributed by atoms with Crippen LogP contribution < -0.4 is 5.32 Å². The van der Waals surface area contributed by atoms with Gasteiger partial charge in [-0.15, -0.1) is 5.10 Å². The van der Waals surface area contributed by atoms with Gasteiger partial charge in [-0.25, -0.2) is 0 Å². The number of ether oxygens (including phenoxy) is 1. The largest absolute Gasteiger partial charge is 0.379 e. The molecule has 2 heterocycles. The molecule has 1 amide bonds. The highest BCUT2D eigenvalue weighted by molar-refractivity contribution is 6.06. The third-order valence-electron chi connectivity index (χ3n) is 8.36. The van der Waals surface area contributed by atoms with E-state index in [0.29, 0.717) is 12.3 Å². The first-order valence-corrected chi connectivity index (χ1v) is 15.5. The van der Waals surface area contributed by atoms with E-state index in [4.69, 9.17) is 4.74 Å². The topological polar surface area (TPSA) is 78.7 Å². The lowest BCUT2D eigenvalue weighted by atomic mass is 9.83. The van der Waals surface area contributed by atoms with E-state index in [1.807, 2.05) is 24.3 Å². The van der Waals surface area contributed by atoms with Crippen molar-refractivity contribution in [1.82, 2.24) is 4.90 Å². The van der Waals surface area contributed by atoms with Crippen molar-refractivity contribution in [3.63, 3.8) is 0 Å². The standard InChI is InChI=1S/C35H43N5O2/c1-2-10-33-35(38-39-37-33)30-15-9-16-31(26-30)36-34(41)25-27(19-20-40-21-23-42-24-22-40)17-18-32(28-11-5-3-6-12-28)29-13-7-4-8-14-29/h3-9,11-16,26-27,32-33H,2,10,17-25H2,1H3,(H,36,41). The molecule has 7 nitrogen and oxygen atoms in total.